The van der Waals surface area contributed by atoms with Crippen LogP contribution >= 0.6 is 0 Å². The second-order valence-electron chi connectivity index (χ2n) is 16.4. The maximum atomic E-state index is 5.72. The molecule has 302 valence electrons. The van der Waals surface area contributed by atoms with E-state index in [-0.39, 0.29) is 0 Å². The van der Waals surface area contributed by atoms with Crippen molar-refractivity contribution in [1.29, 1.82) is 0 Å². The maximum absolute atomic E-state index is 5.72. The van der Waals surface area contributed by atoms with E-state index in [9.17, 15) is 0 Å². The second-order valence-corrected chi connectivity index (χ2v) is 16.4. The third-order valence-corrected chi connectivity index (χ3v) is 13.3. The SMILES string of the molecule is COc1ccc2c(c1)c1cc(OC)ccc1n2-c1ccc2c3ccc(-n4c5ccc(OC)cc5c5cc(OC)ccc54)cc3n(-c3cc4ccc5cccc6ccc(c3)c4c56)c2c1. The van der Waals surface area contributed by atoms with Gasteiger partial charge in [0.1, 0.15) is 23.0 Å². The van der Waals surface area contributed by atoms with E-state index in [2.05, 4.69) is 153 Å². The number of hydrogen-bond acceptors (Lipinski definition) is 4. The highest BCUT2D eigenvalue weighted by Crippen LogP contribution is 2.43. The van der Waals surface area contributed by atoms with Crippen LogP contribution in [-0.2, 0) is 0 Å². The summed E-state index contributed by atoms with van der Waals surface area (Å²) in [6.07, 6.45) is 0. The highest BCUT2D eigenvalue weighted by Gasteiger charge is 2.21. The summed E-state index contributed by atoms with van der Waals surface area (Å²) in [6.45, 7) is 0. The molecule has 0 aliphatic rings. The molecule has 63 heavy (non-hydrogen) atoms. The molecular weight excluding hydrogens is 779 g/mol. The summed E-state index contributed by atoms with van der Waals surface area (Å²) in [5, 5.41) is 14.3. The Hall–Kier alpha value is -8.16. The van der Waals surface area contributed by atoms with Gasteiger partial charge in [0.2, 0.25) is 0 Å². The average molecular weight is 818 g/mol. The topological polar surface area (TPSA) is 51.7 Å². The van der Waals surface area contributed by atoms with Gasteiger partial charge in [-0.25, -0.2) is 0 Å². The minimum Gasteiger partial charge on any atom is -0.497 e. The van der Waals surface area contributed by atoms with Gasteiger partial charge in [0.25, 0.3) is 0 Å². The number of ether oxygens (including phenoxy) is 4. The zero-order valence-corrected chi connectivity index (χ0v) is 35.1. The minimum absolute atomic E-state index is 0.812. The molecule has 3 aromatic heterocycles. The normalized spacial score (nSPS) is 12.1. The minimum atomic E-state index is 0.812. The van der Waals surface area contributed by atoms with Crippen molar-refractivity contribution in [3.63, 3.8) is 0 Å². The molecule has 0 saturated carbocycles. The summed E-state index contributed by atoms with van der Waals surface area (Å²) < 4.78 is 30.1. The van der Waals surface area contributed by atoms with Crippen LogP contribution in [0.2, 0.25) is 0 Å². The number of methoxy groups -OCH3 is 4. The van der Waals surface area contributed by atoms with E-state index >= 15 is 0 Å². The van der Waals surface area contributed by atoms with Crippen LogP contribution in [0.5, 0.6) is 23.0 Å². The van der Waals surface area contributed by atoms with Crippen molar-refractivity contribution in [2.45, 2.75) is 0 Å². The molecule has 0 saturated heterocycles. The molecule has 0 aliphatic carbocycles. The van der Waals surface area contributed by atoms with Crippen molar-refractivity contribution in [2.24, 2.45) is 0 Å². The number of rotatable bonds is 7. The summed E-state index contributed by atoms with van der Waals surface area (Å²) in [7, 11) is 6.86. The summed E-state index contributed by atoms with van der Waals surface area (Å²) in [4.78, 5) is 0. The molecule has 0 aliphatic heterocycles. The Morgan fingerprint density at radius 1 is 0.270 bits per heavy atom. The van der Waals surface area contributed by atoms with Gasteiger partial charge in [0.15, 0.2) is 0 Å². The molecule has 13 rings (SSSR count). The van der Waals surface area contributed by atoms with Crippen LogP contribution in [0.15, 0.2) is 164 Å². The summed E-state index contributed by atoms with van der Waals surface area (Å²) in [6, 6.07) is 59.4. The smallest absolute Gasteiger partial charge is 0.119 e. The molecule has 0 fully saturated rings. The zero-order chi connectivity index (χ0) is 42.1. The summed E-state index contributed by atoms with van der Waals surface area (Å²) >= 11 is 0. The van der Waals surface area contributed by atoms with Crippen LogP contribution in [-0.4, -0.2) is 42.1 Å². The Morgan fingerprint density at radius 2 is 0.619 bits per heavy atom. The first-order chi connectivity index (χ1) is 31.0. The van der Waals surface area contributed by atoms with Gasteiger partial charge in [-0.1, -0.05) is 54.6 Å². The van der Waals surface area contributed by atoms with E-state index in [1.54, 1.807) is 28.4 Å². The third-order valence-electron chi connectivity index (χ3n) is 13.3. The monoisotopic (exact) mass is 817 g/mol. The number of aromatic nitrogens is 3. The Morgan fingerprint density at radius 3 is 1.00 bits per heavy atom. The zero-order valence-electron chi connectivity index (χ0n) is 35.1. The molecule has 0 unspecified atom stereocenters. The quantitative estimate of drug-likeness (QED) is 0.150. The van der Waals surface area contributed by atoms with Crippen molar-refractivity contribution < 1.29 is 18.9 Å². The first kappa shape index (κ1) is 35.6. The third kappa shape index (κ3) is 5.02. The Bertz CT molecular complexity index is 3670. The van der Waals surface area contributed by atoms with Gasteiger partial charge in [-0.15, -0.1) is 0 Å². The molecule has 0 amide bonds. The van der Waals surface area contributed by atoms with Crippen LogP contribution in [0.25, 0.3) is 115 Å². The predicted molar refractivity (Wildman–Crippen MR) is 259 cm³/mol. The molecule has 13 aromatic rings. The van der Waals surface area contributed by atoms with Crippen molar-refractivity contribution in [3.05, 3.63) is 164 Å². The van der Waals surface area contributed by atoms with E-state index in [1.807, 2.05) is 24.3 Å². The molecular formula is C56H39N3O4. The highest BCUT2D eigenvalue weighted by atomic mass is 16.5. The standard InChI is InChI=1S/C56H39N3O4/c1-60-39-14-20-49-45(28-39)46-29-40(61-2)15-21-50(46)57(49)36-12-18-43-44-19-13-37(58-51-22-16-41(62-3)30-47(51)48-31-42(63-4)17-23-52(48)58)27-54(44)59(53(43)26-36)38-24-34-10-8-32-6-5-7-33-9-11-35(25-38)56(34)55(32)33/h5-31H,1-4H3. The van der Waals surface area contributed by atoms with Crippen molar-refractivity contribution in [3.8, 4) is 40.1 Å². The van der Waals surface area contributed by atoms with Gasteiger partial charge < -0.3 is 32.6 Å². The highest BCUT2D eigenvalue weighted by molar-refractivity contribution is 6.24. The Labute approximate surface area is 361 Å². The fourth-order valence-corrected chi connectivity index (χ4v) is 10.4. The van der Waals surface area contributed by atoms with Gasteiger partial charge in [0, 0.05) is 49.4 Å². The van der Waals surface area contributed by atoms with Gasteiger partial charge in [-0.05, 0) is 142 Å². The molecule has 7 heteroatoms. The van der Waals surface area contributed by atoms with Crippen LogP contribution in [0.1, 0.15) is 0 Å². The van der Waals surface area contributed by atoms with E-state index in [0.29, 0.717) is 0 Å². The van der Waals surface area contributed by atoms with Crippen molar-refractivity contribution in [1.82, 2.24) is 13.7 Å². The van der Waals surface area contributed by atoms with E-state index in [4.69, 9.17) is 18.9 Å². The summed E-state index contributed by atoms with van der Waals surface area (Å²) in [5.41, 5.74) is 9.80. The lowest BCUT2D eigenvalue weighted by Gasteiger charge is -2.16. The fourth-order valence-electron chi connectivity index (χ4n) is 10.4. The largest absolute Gasteiger partial charge is 0.497 e. The molecule has 0 spiro atoms. The second kappa shape index (κ2) is 13.2. The molecule has 7 nitrogen and oxygen atoms in total. The average Bonchev–Trinajstić information content (AvgIpc) is 3.96. The molecule has 10 aromatic carbocycles. The van der Waals surface area contributed by atoms with Gasteiger partial charge >= 0.3 is 0 Å². The lowest BCUT2D eigenvalue weighted by Crippen LogP contribution is -1.99. The predicted octanol–water partition coefficient (Wildman–Crippen LogP) is 13.9. The van der Waals surface area contributed by atoms with Gasteiger partial charge in [0.05, 0.1) is 61.5 Å². The first-order valence-corrected chi connectivity index (χ1v) is 21.1. The number of nitrogens with zero attached hydrogens (tertiary/aromatic N) is 3. The Balaban J connectivity index is 1.12. The summed E-state index contributed by atoms with van der Waals surface area (Å²) in [5.74, 6) is 3.25. The van der Waals surface area contributed by atoms with E-state index < -0.39 is 0 Å². The van der Waals surface area contributed by atoms with Gasteiger partial charge in [-0.3, -0.25) is 0 Å². The van der Waals surface area contributed by atoms with Crippen LogP contribution in [0.3, 0.4) is 0 Å². The lowest BCUT2D eigenvalue weighted by molar-refractivity contribution is 0.415. The maximum Gasteiger partial charge on any atom is 0.119 e. The van der Waals surface area contributed by atoms with Crippen LogP contribution in [0, 0.1) is 0 Å². The van der Waals surface area contributed by atoms with Crippen LogP contribution in [0.4, 0.5) is 0 Å². The lowest BCUT2D eigenvalue weighted by atomic mass is 9.94. The number of benzene rings is 10. The molecule has 0 radical (unpaired) electrons. The number of hydrogen-bond donors (Lipinski definition) is 0. The van der Waals surface area contributed by atoms with Gasteiger partial charge in [-0.2, -0.15) is 0 Å². The van der Waals surface area contributed by atoms with E-state index in [0.717, 1.165) is 94.7 Å². The fraction of sp³-hybridized carbons (Fsp3) is 0.0714. The van der Waals surface area contributed by atoms with Crippen LogP contribution < -0.4 is 18.9 Å². The van der Waals surface area contributed by atoms with E-state index in [1.165, 1.54) is 43.1 Å². The Kier molecular flexibility index (Phi) is 7.44. The molecule has 3 heterocycles. The van der Waals surface area contributed by atoms with Crippen molar-refractivity contribution in [2.75, 3.05) is 28.4 Å². The molecule has 0 N–H and O–H groups in total. The first-order valence-electron chi connectivity index (χ1n) is 21.1. The molecule has 0 atom stereocenters. The number of fused-ring (bicyclic) bond motifs is 9. The molecule has 0 bridgehead atoms. The van der Waals surface area contributed by atoms with Crippen molar-refractivity contribution >= 4 is 97.7 Å².